The summed E-state index contributed by atoms with van der Waals surface area (Å²) >= 11 is 0. The van der Waals surface area contributed by atoms with Gasteiger partial charge >= 0.3 is 7.60 Å². The van der Waals surface area contributed by atoms with Gasteiger partial charge in [-0.3, -0.25) is 19.9 Å². The molecule has 0 radical (unpaired) electrons. The summed E-state index contributed by atoms with van der Waals surface area (Å²) in [6.45, 7) is 19.2. The van der Waals surface area contributed by atoms with Crippen LogP contribution in [0.4, 0.5) is 0 Å². The van der Waals surface area contributed by atoms with E-state index in [0.717, 1.165) is 0 Å². The van der Waals surface area contributed by atoms with E-state index in [-0.39, 0.29) is 13.1 Å². The molecule has 0 bridgehead atoms. The molecule has 0 saturated carbocycles. The standard InChI is InChI=1S/C6H13N2O5P.C3H8.3C2H6/c1-2-3-8(10)6(9)4-7-5-14(11,12)13;1-3-2;3*1-2/h2,7,10H,1,3-5H2,(H2,11,12,13);3H2,1-2H3;3*1-2H3. The normalized spacial score (nSPS) is 8.30. The van der Waals surface area contributed by atoms with Crippen molar-refractivity contribution in [3.8, 4) is 0 Å². The van der Waals surface area contributed by atoms with Gasteiger partial charge in [0.25, 0.3) is 5.91 Å². The second-order valence-corrected chi connectivity index (χ2v) is 4.87. The van der Waals surface area contributed by atoms with Gasteiger partial charge in [0.15, 0.2) is 0 Å². The number of carbonyl (C=O) groups excluding carboxylic acids is 1. The van der Waals surface area contributed by atoms with Crippen LogP contribution in [0.5, 0.6) is 0 Å². The zero-order valence-electron chi connectivity index (χ0n) is 16.2. The summed E-state index contributed by atoms with van der Waals surface area (Å²) in [5.41, 5.74) is 0. The molecule has 0 aliphatic heterocycles. The maximum atomic E-state index is 10.9. The van der Waals surface area contributed by atoms with E-state index in [1.807, 2.05) is 41.5 Å². The molecule has 0 fully saturated rings. The molecule has 7 nitrogen and oxygen atoms in total. The summed E-state index contributed by atoms with van der Waals surface area (Å²) in [4.78, 5) is 27.8. The van der Waals surface area contributed by atoms with E-state index in [2.05, 4.69) is 25.7 Å². The van der Waals surface area contributed by atoms with Crippen molar-refractivity contribution >= 4 is 13.5 Å². The second-order valence-electron chi connectivity index (χ2n) is 3.22. The molecule has 0 aromatic heterocycles. The SMILES string of the molecule is C=CCN(O)C(=O)CNCP(=O)(O)O.CC.CC.CC.CCC. The first-order valence-electron chi connectivity index (χ1n) is 8.13. The van der Waals surface area contributed by atoms with Gasteiger partial charge in [-0.2, -0.15) is 0 Å². The Morgan fingerprint density at radius 3 is 1.74 bits per heavy atom. The molecule has 144 valence electrons. The van der Waals surface area contributed by atoms with Gasteiger partial charge in [0.1, 0.15) is 0 Å². The maximum Gasteiger partial charge on any atom is 0.339 e. The van der Waals surface area contributed by atoms with Crippen molar-refractivity contribution in [2.24, 2.45) is 0 Å². The summed E-state index contributed by atoms with van der Waals surface area (Å²) in [5.74, 6) is -0.682. The fourth-order valence-corrected chi connectivity index (χ4v) is 1.03. The molecule has 0 aliphatic carbocycles. The van der Waals surface area contributed by atoms with Crippen LogP contribution in [0.25, 0.3) is 0 Å². The number of hydrogen-bond donors (Lipinski definition) is 4. The van der Waals surface area contributed by atoms with Gasteiger partial charge in [0.2, 0.25) is 0 Å². The number of nitrogens with zero attached hydrogens (tertiary/aromatic N) is 1. The zero-order valence-corrected chi connectivity index (χ0v) is 17.1. The molecule has 0 spiro atoms. The Hall–Kier alpha value is -0.720. The van der Waals surface area contributed by atoms with Gasteiger partial charge in [-0.15, -0.1) is 6.58 Å². The fraction of sp³-hybridized carbons (Fsp3) is 0.800. The van der Waals surface area contributed by atoms with Crippen molar-refractivity contribution in [2.75, 3.05) is 19.4 Å². The lowest BCUT2D eigenvalue weighted by molar-refractivity contribution is -0.161. The number of hydroxylamine groups is 2. The Labute approximate surface area is 142 Å². The van der Waals surface area contributed by atoms with E-state index in [1.54, 1.807) is 0 Å². The van der Waals surface area contributed by atoms with Crippen molar-refractivity contribution < 1.29 is 24.4 Å². The Kier molecular flexibility index (Phi) is 43.1. The lowest BCUT2D eigenvalue weighted by Crippen LogP contribution is -2.36. The highest BCUT2D eigenvalue weighted by Crippen LogP contribution is 2.31. The minimum absolute atomic E-state index is 0.0313. The topological polar surface area (TPSA) is 110 Å². The van der Waals surface area contributed by atoms with Crippen molar-refractivity contribution in [2.45, 2.75) is 61.8 Å². The van der Waals surface area contributed by atoms with E-state index >= 15 is 0 Å². The maximum absolute atomic E-state index is 10.9. The van der Waals surface area contributed by atoms with Crippen molar-refractivity contribution in [3.05, 3.63) is 12.7 Å². The average molecular weight is 358 g/mol. The van der Waals surface area contributed by atoms with E-state index in [4.69, 9.17) is 15.0 Å². The monoisotopic (exact) mass is 358 g/mol. The Morgan fingerprint density at radius 2 is 1.48 bits per heavy atom. The third kappa shape index (κ3) is 44.9. The van der Waals surface area contributed by atoms with Crippen molar-refractivity contribution in [1.82, 2.24) is 10.4 Å². The van der Waals surface area contributed by atoms with Crippen LogP contribution in [0.2, 0.25) is 0 Å². The number of hydrogen-bond acceptors (Lipinski definition) is 4. The molecular weight excluding hydrogens is 319 g/mol. The van der Waals surface area contributed by atoms with Gasteiger partial charge in [0, 0.05) is 0 Å². The Morgan fingerprint density at radius 1 is 1.13 bits per heavy atom. The van der Waals surface area contributed by atoms with Crippen LogP contribution in [0.15, 0.2) is 12.7 Å². The molecule has 0 aromatic rings. The summed E-state index contributed by atoms with van der Waals surface area (Å²) in [6, 6.07) is 0. The van der Waals surface area contributed by atoms with Crippen LogP contribution in [0.3, 0.4) is 0 Å². The number of carbonyl (C=O) groups is 1. The van der Waals surface area contributed by atoms with Gasteiger partial charge in [0.05, 0.1) is 19.4 Å². The van der Waals surface area contributed by atoms with Gasteiger partial charge in [-0.05, 0) is 0 Å². The van der Waals surface area contributed by atoms with E-state index in [9.17, 15) is 9.36 Å². The van der Waals surface area contributed by atoms with Crippen LogP contribution in [0.1, 0.15) is 61.8 Å². The van der Waals surface area contributed by atoms with Crippen LogP contribution in [-0.2, 0) is 9.36 Å². The second kappa shape index (κ2) is 29.3. The lowest BCUT2D eigenvalue weighted by Gasteiger charge is -2.13. The molecule has 0 atom stereocenters. The largest absolute Gasteiger partial charge is 0.339 e. The van der Waals surface area contributed by atoms with Gasteiger partial charge < -0.3 is 9.79 Å². The molecule has 23 heavy (non-hydrogen) atoms. The van der Waals surface area contributed by atoms with Crippen LogP contribution in [-0.4, -0.2) is 45.3 Å². The first-order chi connectivity index (χ1) is 10.8. The molecule has 1 amide bonds. The Balaban J connectivity index is -0.000000101. The van der Waals surface area contributed by atoms with Gasteiger partial charge in [-0.25, -0.2) is 5.06 Å². The minimum atomic E-state index is -4.15. The van der Waals surface area contributed by atoms with Crippen LogP contribution >= 0.6 is 7.60 Å². The quantitative estimate of drug-likeness (QED) is 0.250. The fourth-order valence-electron chi connectivity index (χ4n) is 0.624. The summed E-state index contributed by atoms with van der Waals surface area (Å²) in [7, 11) is -4.15. The molecule has 4 N–H and O–H groups in total. The first-order valence-corrected chi connectivity index (χ1v) is 9.93. The molecular formula is C15H39N2O5P. The minimum Gasteiger partial charge on any atom is -0.324 e. The number of amides is 1. The van der Waals surface area contributed by atoms with Crippen molar-refractivity contribution in [1.29, 1.82) is 0 Å². The highest BCUT2D eigenvalue weighted by atomic mass is 31.2. The third-order valence-corrected chi connectivity index (χ3v) is 1.82. The number of nitrogens with one attached hydrogen (secondary N) is 1. The lowest BCUT2D eigenvalue weighted by atomic mass is 10.5. The molecule has 0 saturated heterocycles. The third-order valence-electron chi connectivity index (χ3n) is 1.18. The van der Waals surface area contributed by atoms with E-state index in [0.29, 0.717) is 5.06 Å². The summed E-state index contributed by atoms with van der Waals surface area (Å²) in [5, 5.41) is 11.5. The van der Waals surface area contributed by atoms with Crippen molar-refractivity contribution in [3.63, 3.8) is 0 Å². The molecule has 0 heterocycles. The highest BCUT2D eigenvalue weighted by molar-refractivity contribution is 7.51. The first kappa shape index (κ1) is 33.8. The van der Waals surface area contributed by atoms with E-state index in [1.165, 1.54) is 12.5 Å². The van der Waals surface area contributed by atoms with Crippen LogP contribution < -0.4 is 5.32 Å². The predicted molar refractivity (Wildman–Crippen MR) is 98.6 cm³/mol. The Bertz CT molecular complexity index is 271. The predicted octanol–water partition coefficient (Wildman–Crippen LogP) is 3.61. The van der Waals surface area contributed by atoms with E-state index < -0.39 is 19.8 Å². The molecule has 8 heteroatoms. The highest BCUT2D eigenvalue weighted by Gasteiger charge is 2.14. The zero-order chi connectivity index (χ0) is 19.9. The number of rotatable bonds is 6. The average Bonchev–Trinajstić information content (AvgIpc) is 2.53. The molecule has 0 rings (SSSR count). The molecule has 0 unspecified atom stereocenters. The molecule has 0 aliphatic rings. The smallest absolute Gasteiger partial charge is 0.324 e. The summed E-state index contributed by atoms with van der Waals surface area (Å²) in [6.07, 6.45) is 1.97. The van der Waals surface area contributed by atoms with Crippen LogP contribution in [0, 0.1) is 0 Å². The van der Waals surface area contributed by atoms with Gasteiger partial charge in [-0.1, -0.05) is 67.9 Å². The summed E-state index contributed by atoms with van der Waals surface area (Å²) < 4.78 is 10.3. The molecule has 0 aromatic carbocycles.